The molecule has 0 atom stereocenters. The molecule has 0 spiro atoms. The minimum absolute atomic E-state index is 0.532. The van der Waals surface area contributed by atoms with Crippen molar-refractivity contribution in [2.45, 2.75) is 13.8 Å². The first-order valence-corrected chi connectivity index (χ1v) is 9.49. The Morgan fingerprint density at radius 2 is 1.25 bits per heavy atom. The molecule has 4 nitrogen and oxygen atoms in total. The zero-order chi connectivity index (χ0) is 19.5. The molecule has 0 aliphatic carbocycles. The predicted octanol–water partition coefficient (Wildman–Crippen LogP) is 6.63. The minimum Gasteiger partial charge on any atom is -0.339 e. The maximum atomic E-state index is 6.73. The van der Waals surface area contributed by atoms with E-state index in [1.807, 2.05) is 59.3 Å². The second-order valence-corrected chi connectivity index (χ2v) is 7.12. The standard InChI is InChI=1S/C23H21ClN4/c1-16-8-12-18(13-9-16)25-22-21(24)23(26-19-14-10-17(2)11-15-19)28(27-22)20-6-4-3-5-7-20/h3-15,26H,1-2H3,(H,25,27). The number of aromatic nitrogens is 2. The Balaban J connectivity index is 1.74. The van der Waals surface area contributed by atoms with Gasteiger partial charge >= 0.3 is 0 Å². The van der Waals surface area contributed by atoms with Gasteiger partial charge in [0.25, 0.3) is 0 Å². The second kappa shape index (κ2) is 7.79. The van der Waals surface area contributed by atoms with Crippen molar-refractivity contribution >= 4 is 34.6 Å². The van der Waals surface area contributed by atoms with Crippen LogP contribution in [0.15, 0.2) is 78.9 Å². The SMILES string of the molecule is Cc1ccc(Nc2nn(-c3ccccc3)c(Nc3ccc(C)cc3)c2Cl)cc1. The number of hydrogen-bond donors (Lipinski definition) is 2. The van der Waals surface area contributed by atoms with Crippen LogP contribution in [0.25, 0.3) is 5.69 Å². The average molecular weight is 389 g/mol. The van der Waals surface area contributed by atoms with Crippen LogP contribution in [0.5, 0.6) is 0 Å². The van der Waals surface area contributed by atoms with Crippen molar-refractivity contribution in [3.05, 3.63) is 95.0 Å². The number of rotatable bonds is 5. The molecule has 1 aromatic heterocycles. The number of nitrogens with one attached hydrogen (secondary N) is 2. The van der Waals surface area contributed by atoms with Crippen molar-refractivity contribution in [1.82, 2.24) is 9.78 Å². The van der Waals surface area contributed by atoms with E-state index in [2.05, 4.69) is 48.7 Å². The van der Waals surface area contributed by atoms with Crippen LogP contribution < -0.4 is 10.6 Å². The zero-order valence-corrected chi connectivity index (χ0v) is 16.5. The van der Waals surface area contributed by atoms with Gasteiger partial charge in [-0.2, -0.15) is 0 Å². The number of benzene rings is 3. The summed E-state index contributed by atoms with van der Waals surface area (Å²) in [6, 6.07) is 26.2. The van der Waals surface area contributed by atoms with Crippen LogP contribution in [0.1, 0.15) is 11.1 Å². The first-order valence-electron chi connectivity index (χ1n) is 9.11. The summed E-state index contributed by atoms with van der Waals surface area (Å²) in [5.41, 5.74) is 5.22. The molecule has 1 heterocycles. The molecule has 0 aliphatic heterocycles. The van der Waals surface area contributed by atoms with E-state index in [0.717, 1.165) is 17.1 Å². The first kappa shape index (κ1) is 18.1. The lowest BCUT2D eigenvalue weighted by Crippen LogP contribution is -2.02. The van der Waals surface area contributed by atoms with Gasteiger partial charge in [-0.25, -0.2) is 4.68 Å². The molecule has 3 aromatic carbocycles. The van der Waals surface area contributed by atoms with E-state index in [-0.39, 0.29) is 0 Å². The normalized spacial score (nSPS) is 10.7. The highest BCUT2D eigenvalue weighted by atomic mass is 35.5. The van der Waals surface area contributed by atoms with Crippen molar-refractivity contribution < 1.29 is 0 Å². The van der Waals surface area contributed by atoms with E-state index >= 15 is 0 Å². The molecular formula is C23H21ClN4. The van der Waals surface area contributed by atoms with Gasteiger partial charge in [-0.1, -0.05) is 65.2 Å². The quantitative estimate of drug-likeness (QED) is 0.403. The van der Waals surface area contributed by atoms with E-state index in [1.54, 1.807) is 0 Å². The molecule has 0 radical (unpaired) electrons. The van der Waals surface area contributed by atoms with E-state index in [1.165, 1.54) is 11.1 Å². The smallest absolute Gasteiger partial charge is 0.174 e. The van der Waals surface area contributed by atoms with Crippen molar-refractivity contribution in [1.29, 1.82) is 0 Å². The van der Waals surface area contributed by atoms with E-state index in [9.17, 15) is 0 Å². The Hall–Kier alpha value is -3.24. The summed E-state index contributed by atoms with van der Waals surface area (Å²) in [6.45, 7) is 4.12. The van der Waals surface area contributed by atoms with Crippen LogP contribution in [0, 0.1) is 13.8 Å². The Morgan fingerprint density at radius 3 is 1.82 bits per heavy atom. The van der Waals surface area contributed by atoms with Gasteiger partial charge in [-0.05, 0) is 50.2 Å². The molecule has 4 rings (SSSR count). The van der Waals surface area contributed by atoms with Crippen LogP contribution in [0.2, 0.25) is 5.02 Å². The molecule has 2 N–H and O–H groups in total. The fourth-order valence-corrected chi connectivity index (χ4v) is 3.10. The molecule has 0 saturated carbocycles. The number of anilines is 4. The largest absolute Gasteiger partial charge is 0.339 e. The molecule has 4 aromatic rings. The van der Waals surface area contributed by atoms with Crippen molar-refractivity contribution in [2.75, 3.05) is 10.6 Å². The Morgan fingerprint density at radius 1 is 0.714 bits per heavy atom. The summed E-state index contributed by atoms with van der Waals surface area (Å²) >= 11 is 6.73. The van der Waals surface area contributed by atoms with E-state index in [0.29, 0.717) is 16.7 Å². The lowest BCUT2D eigenvalue weighted by Gasteiger charge is -2.10. The Labute approximate surface area is 169 Å². The molecular weight excluding hydrogens is 368 g/mol. The van der Waals surface area contributed by atoms with Crippen molar-refractivity contribution in [3.8, 4) is 5.69 Å². The minimum atomic E-state index is 0.532. The second-order valence-electron chi connectivity index (χ2n) is 6.74. The molecule has 0 saturated heterocycles. The third kappa shape index (κ3) is 3.87. The number of aryl methyl sites for hydroxylation is 2. The third-order valence-corrected chi connectivity index (χ3v) is 4.82. The summed E-state index contributed by atoms with van der Waals surface area (Å²) in [6.07, 6.45) is 0. The van der Waals surface area contributed by atoms with Crippen molar-refractivity contribution in [3.63, 3.8) is 0 Å². The highest BCUT2D eigenvalue weighted by molar-refractivity contribution is 6.35. The van der Waals surface area contributed by atoms with Crippen LogP contribution in [-0.2, 0) is 0 Å². The Kier molecular flexibility index (Phi) is 5.04. The van der Waals surface area contributed by atoms with E-state index < -0.39 is 0 Å². The maximum Gasteiger partial charge on any atom is 0.174 e. The molecule has 28 heavy (non-hydrogen) atoms. The molecule has 5 heteroatoms. The molecule has 0 amide bonds. The fraction of sp³-hybridized carbons (Fsp3) is 0.0870. The van der Waals surface area contributed by atoms with Gasteiger partial charge in [0.05, 0.1) is 5.69 Å². The number of halogens is 1. The van der Waals surface area contributed by atoms with Crippen LogP contribution >= 0.6 is 11.6 Å². The van der Waals surface area contributed by atoms with Gasteiger partial charge in [0.1, 0.15) is 5.02 Å². The van der Waals surface area contributed by atoms with Crippen molar-refractivity contribution in [2.24, 2.45) is 0 Å². The molecule has 0 unspecified atom stereocenters. The molecule has 0 fully saturated rings. The van der Waals surface area contributed by atoms with Gasteiger partial charge in [-0.15, -0.1) is 5.10 Å². The van der Waals surface area contributed by atoms with Gasteiger partial charge in [0, 0.05) is 11.4 Å². The lowest BCUT2D eigenvalue weighted by molar-refractivity contribution is 0.892. The van der Waals surface area contributed by atoms with Crippen LogP contribution in [0.3, 0.4) is 0 Å². The number of nitrogens with zero attached hydrogens (tertiary/aromatic N) is 2. The van der Waals surface area contributed by atoms with Gasteiger partial charge in [0.15, 0.2) is 11.6 Å². The zero-order valence-electron chi connectivity index (χ0n) is 15.8. The predicted molar refractivity (Wildman–Crippen MR) is 117 cm³/mol. The number of hydrogen-bond acceptors (Lipinski definition) is 3. The summed E-state index contributed by atoms with van der Waals surface area (Å²) in [7, 11) is 0. The van der Waals surface area contributed by atoms with Gasteiger partial charge in [-0.3, -0.25) is 0 Å². The Bertz CT molecular complexity index is 1070. The lowest BCUT2D eigenvalue weighted by atomic mass is 10.2. The molecule has 0 bridgehead atoms. The third-order valence-electron chi connectivity index (χ3n) is 4.46. The first-order chi connectivity index (χ1) is 13.6. The number of para-hydroxylation sites is 1. The highest BCUT2D eigenvalue weighted by Gasteiger charge is 2.18. The van der Waals surface area contributed by atoms with Gasteiger partial charge < -0.3 is 10.6 Å². The van der Waals surface area contributed by atoms with E-state index in [4.69, 9.17) is 16.7 Å². The van der Waals surface area contributed by atoms with Crippen LogP contribution in [0.4, 0.5) is 23.0 Å². The monoisotopic (exact) mass is 388 g/mol. The average Bonchev–Trinajstić information content (AvgIpc) is 3.02. The molecule has 140 valence electrons. The highest BCUT2D eigenvalue weighted by Crippen LogP contribution is 2.35. The fourth-order valence-electron chi connectivity index (χ4n) is 2.89. The summed E-state index contributed by atoms with van der Waals surface area (Å²) < 4.78 is 1.82. The summed E-state index contributed by atoms with van der Waals surface area (Å²) in [5, 5.41) is 12.0. The van der Waals surface area contributed by atoms with Crippen LogP contribution in [-0.4, -0.2) is 9.78 Å². The maximum absolute atomic E-state index is 6.73. The topological polar surface area (TPSA) is 41.9 Å². The summed E-state index contributed by atoms with van der Waals surface area (Å²) in [4.78, 5) is 0. The van der Waals surface area contributed by atoms with Gasteiger partial charge in [0.2, 0.25) is 0 Å². The summed E-state index contributed by atoms with van der Waals surface area (Å²) in [5.74, 6) is 1.32. The molecule has 0 aliphatic rings.